The molecule has 2 heterocycles. The molecular weight excluding hydrogens is 365 g/mol. The Morgan fingerprint density at radius 1 is 1.31 bits per heavy atom. The maximum Gasteiger partial charge on any atom is 0.348 e. The predicted molar refractivity (Wildman–Crippen MR) is 94.9 cm³/mol. The number of aromatic amines is 1. The molecule has 2 N–H and O–H groups in total. The van der Waals surface area contributed by atoms with Crippen LogP contribution in [0, 0.1) is 0 Å². The average molecular weight is 381 g/mol. The van der Waals surface area contributed by atoms with E-state index in [4.69, 9.17) is 0 Å². The Bertz CT molecular complexity index is 1210. The van der Waals surface area contributed by atoms with Gasteiger partial charge < -0.3 is 4.98 Å². The van der Waals surface area contributed by atoms with Gasteiger partial charge in [-0.3, -0.25) is 13.9 Å². The van der Waals surface area contributed by atoms with Crippen LogP contribution < -0.4 is 16.1 Å². The molecule has 0 aliphatic carbocycles. The smallest absolute Gasteiger partial charge is 0.305 e. The predicted octanol–water partition coefficient (Wildman–Crippen LogP) is 0.105. The second-order valence-corrected chi connectivity index (χ2v) is 7.50. The zero-order chi connectivity index (χ0) is 19.1. The second kappa shape index (κ2) is 6.41. The molecular formula is C15H16FN5O4S. The third-order valence-electron chi connectivity index (χ3n) is 3.84. The van der Waals surface area contributed by atoms with Crippen LogP contribution in [0.3, 0.4) is 0 Å². The summed E-state index contributed by atoms with van der Waals surface area (Å²) in [4.78, 5) is 29.0. The minimum atomic E-state index is -3.84. The van der Waals surface area contributed by atoms with Gasteiger partial charge in [0.25, 0.3) is 5.56 Å². The molecule has 0 aliphatic heterocycles. The summed E-state index contributed by atoms with van der Waals surface area (Å²) in [5.41, 5.74) is 0.249. The third kappa shape index (κ3) is 3.25. The Morgan fingerprint density at radius 2 is 2.04 bits per heavy atom. The molecule has 26 heavy (non-hydrogen) atoms. The highest BCUT2D eigenvalue weighted by Crippen LogP contribution is 2.26. The van der Waals surface area contributed by atoms with Gasteiger partial charge >= 0.3 is 5.69 Å². The Kier molecular flexibility index (Phi) is 4.40. The van der Waals surface area contributed by atoms with E-state index in [1.54, 1.807) is 24.0 Å². The SMILES string of the molecule is Cn1nccc1-c1cc2c(=O)n(NS(C)(=O)=O)c(=O)[nH]c2cc1CCF. The van der Waals surface area contributed by atoms with E-state index in [0.29, 0.717) is 21.5 Å². The van der Waals surface area contributed by atoms with E-state index in [2.05, 4.69) is 10.1 Å². The molecule has 1 aromatic carbocycles. The summed E-state index contributed by atoms with van der Waals surface area (Å²) in [6, 6.07) is 4.72. The first kappa shape index (κ1) is 17.9. The van der Waals surface area contributed by atoms with E-state index in [0.717, 1.165) is 6.26 Å². The number of sulfonamides is 1. The van der Waals surface area contributed by atoms with Crippen molar-refractivity contribution in [3.8, 4) is 11.3 Å². The summed E-state index contributed by atoms with van der Waals surface area (Å²) in [5, 5.41) is 4.15. The highest BCUT2D eigenvalue weighted by Gasteiger charge is 2.16. The molecule has 0 atom stereocenters. The quantitative estimate of drug-likeness (QED) is 0.650. The van der Waals surface area contributed by atoms with Crippen molar-refractivity contribution in [3.05, 3.63) is 50.8 Å². The van der Waals surface area contributed by atoms with Crippen molar-refractivity contribution in [3.63, 3.8) is 0 Å². The van der Waals surface area contributed by atoms with Gasteiger partial charge in [-0.15, -0.1) is 0 Å². The van der Waals surface area contributed by atoms with Crippen LogP contribution in [-0.2, 0) is 23.5 Å². The Balaban J connectivity index is 2.35. The summed E-state index contributed by atoms with van der Waals surface area (Å²) in [7, 11) is -2.13. The van der Waals surface area contributed by atoms with E-state index < -0.39 is 27.9 Å². The van der Waals surface area contributed by atoms with E-state index >= 15 is 0 Å². The summed E-state index contributed by atoms with van der Waals surface area (Å²) in [6.07, 6.45) is 2.48. The summed E-state index contributed by atoms with van der Waals surface area (Å²) < 4.78 is 37.7. The van der Waals surface area contributed by atoms with Gasteiger partial charge in [-0.1, -0.05) is 0 Å². The normalized spacial score (nSPS) is 11.8. The number of H-pyrrole nitrogens is 1. The highest BCUT2D eigenvalue weighted by atomic mass is 32.2. The minimum Gasteiger partial charge on any atom is -0.305 e. The molecule has 138 valence electrons. The molecule has 0 fully saturated rings. The lowest BCUT2D eigenvalue weighted by molar-refractivity contribution is 0.495. The lowest BCUT2D eigenvalue weighted by Gasteiger charge is -2.12. The van der Waals surface area contributed by atoms with Gasteiger partial charge in [0.1, 0.15) is 0 Å². The molecule has 3 rings (SSSR count). The van der Waals surface area contributed by atoms with Gasteiger partial charge in [0.15, 0.2) is 0 Å². The van der Waals surface area contributed by atoms with Crippen LogP contribution in [0.4, 0.5) is 4.39 Å². The van der Waals surface area contributed by atoms with Crippen LogP contribution in [0.15, 0.2) is 34.0 Å². The first-order valence-electron chi connectivity index (χ1n) is 7.55. The van der Waals surface area contributed by atoms with Crippen LogP contribution in [-0.4, -0.2) is 40.8 Å². The largest absolute Gasteiger partial charge is 0.348 e. The van der Waals surface area contributed by atoms with E-state index in [-0.39, 0.29) is 17.3 Å². The molecule has 3 aromatic rings. The minimum absolute atomic E-state index is 0.0829. The van der Waals surface area contributed by atoms with Crippen molar-refractivity contribution >= 4 is 20.9 Å². The molecule has 2 aromatic heterocycles. The van der Waals surface area contributed by atoms with Crippen molar-refractivity contribution in [2.45, 2.75) is 6.42 Å². The lowest BCUT2D eigenvalue weighted by atomic mass is 9.99. The van der Waals surface area contributed by atoms with Gasteiger partial charge in [0.05, 0.1) is 29.5 Å². The molecule has 0 radical (unpaired) electrons. The number of nitrogens with zero attached hydrogens (tertiary/aromatic N) is 3. The van der Waals surface area contributed by atoms with Crippen molar-refractivity contribution in [2.24, 2.45) is 7.05 Å². The molecule has 0 bridgehead atoms. The van der Waals surface area contributed by atoms with E-state index in [1.807, 2.05) is 4.83 Å². The Hall–Kier alpha value is -2.95. The summed E-state index contributed by atoms with van der Waals surface area (Å²) in [6.45, 7) is -0.618. The molecule has 0 aliphatic rings. The van der Waals surface area contributed by atoms with Gasteiger partial charge in [0.2, 0.25) is 10.0 Å². The average Bonchev–Trinajstić information content (AvgIpc) is 2.96. The van der Waals surface area contributed by atoms with Crippen molar-refractivity contribution < 1.29 is 12.8 Å². The highest BCUT2D eigenvalue weighted by molar-refractivity contribution is 7.91. The number of halogens is 1. The fourth-order valence-corrected chi connectivity index (χ4v) is 3.24. The van der Waals surface area contributed by atoms with Crippen molar-refractivity contribution in [1.82, 2.24) is 19.4 Å². The second-order valence-electron chi connectivity index (χ2n) is 5.77. The summed E-state index contributed by atoms with van der Waals surface area (Å²) in [5.74, 6) is 0. The summed E-state index contributed by atoms with van der Waals surface area (Å²) >= 11 is 0. The molecule has 0 spiro atoms. The maximum absolute atomic E-state index is 13.0. The number of alkyl halides is 1. The molecule has 0 unspecified atom stereocenters. The first-order valence-corrected chi connectivity index (χ1v) is 9.44. The fourth-order valence-electron chi connectivity index (χ4n) is 2.74. The van der Waals surface area contributed by atoms with Crippen molar-refractivity contribution in [2.75, 3.05) is 17.8 Å². The maximum atomic E-state index is 13.0. The van der Waals surface area contributed by atoms with Crippen LogP contribution in [0.5, 0.6) is 0 Å². The number of nitrogens with one attached hydrogen (secondary N) is 2. The third-order valence-corrected chi connectivity index (χ3v) is 4.35. The van der Waals surface area contributed by atoms with Gasteiger partial charge in [-0.05, 0) is 23.8 Å². The van der Waals surface area contributed by atoms with Crippen LogP contribution in [0.1, 0.15) is 5.56 Å². The fraction of sp³-hybridized carbons (Fsp3) is 0.267. The first-order chi connectivity index (χ1) is 12.2. The molecule has 9 nitrogen and oxygen atoms in total. The molecule has 0 saturated carbocycles. The Labute approximate surface area is 147 Å². The van der Waals surface area contributed by atoms with Gasteiger partial charge in [-0.25, -0.2) is 18.0 Å². The van der Waals surface area contributed by atoms with Crippen LogP contribution in [0.2, 0.25) is 0 Å². The number of aryl methyl sites for hydroxylation is 2. The van der Waals surface area contributed by atoms with E-state index in [9.17, 15) is 22.4 Å². The number of aromatic nitrogens is 4. The zero-order valence-corrected chi connectivity index (χ0v) is 14.8. The lowest BCUT2D eigenvalue weighted by Crippen LogP contribution is -2.43. The van der Waals surface area contributed by atoms with Crippen LogP contribution >= 0.6 is 0 Å². The number of hydrogen-bond acceptors (Lipinski definition) is 5. The number of benzene rings is 1. The number of rotatable bonds is 5. The molecule has 0 saturated heterocycles. The number of hydrogen-bond donors (Lipinski definition) is 2. The zero-order valence-electron chi connectivity index (χ0n) is 14.0. The monoisotopic (exact) mass is 381 g/mol. The Morgan fingerprint density at radius 3 is 2.62 bits per heavy atom. The van der Waals surface area contributed by atoms with E-state index in [1.165, 1.54) is 12.1 Å². The topological polar surface area (TPSA) is 119 Å². The van der Waals surface area contributed by atoms with Gasteiger partial charge in [0, 0.05) is 25.2 Å². The van der Waals surface area contributed by atoms with Crippen molar-refractivity contribution in [1.29, 1.82) is 0 Å². The molecule has 0 amide bonds. The molecule has 11 heteroatoms. The number of fused-ring (bicyclic) bond motifs is 1. The standard InChI is InChI=1S/C15H16FN5O4S/c1-20-13(4-6-17-20)10-8-11-12(7-9(10)3-5-16)18-15(23)21(14(11)22)19-26(2,24)25/h4,6-8,19H,3,5H2,1-2H3,(H,18,23). The van der Waals surface area contributed by atoms with Gasteiger partial charge in [-0.2, -0.15) is 9.77 Å². The van der Waals surface area contributed by atoms with Crippen LogP contribution in [0.25, 0.3) is 22.2 Å².